The zero-order chi connectivity index (χ0) is 19.7. The van der Waals surface area contributed by atoms with E-state index < -0.39 is 5.92 Å². The van der Waals surface area contributed by atoms with Crippen LogP contribution in [-0.4, -0.2) is 36.0 Å². The molecule has 2 aliphatic rings. The maximum Gasteiger partial charge on any atom is 0.253 e. The van der Waals surface area contributed by atoms with E-state index in [9.17, 15) is 13.6 Å². The molecular weight excluding hydrogens is 386 g/mol. The molecule has 0 spiro atoms. The minimum absolute atomic E-state index is 0.0951. The van der Waals surface area contributed by atoms with Gasteiger partial charge in [0, 0.05) is 44.5 Å². The van der Waals surface area contributed by atoms with Crippen LogP contribution in [0.3, 0.4) is 0 Å². The number of alkyl halides is 2. The van der Waals surface area contributed by atoms with Crippen LogP contribution in [0.5, 0.6) is 0 Å². The first-order valence-electron chi connectivity index (χ1n) is 9.95. The Morgan fingerprint density at radius 3 is 2.79 bits per heavy atom. The van der Waals surface area contributed by atoms with Gasteiger partial charge in [0.15, 0.2) is 0 Å². The lowest BCUT2D eigenvalue weighted by Gasteiger charge is -2.28. The van der Waals surface area contributed by atoms with Gasteiger partial charge in [-0.15, -0.1) is 0 Å². The van der Waals surface area contributed by atoms with Gasteiger partial charge in [-0.2, -0.15) is 0 Å². The molecule has 4 nitrogen and oxygen atoms in total. The summed E-state index contributed by atoms with van der Waals surface area (Å²) >= 11 is 6.41. The third-order valence-electron chi connectivity index (χ3n) is 5.97. The van der Waals surface area contributed by atoms with Crippen molar-refractivity contribution in [3.05, 3.63) is 40.7 Å². The van der Waals surface area contributed by atoms with Gasteiger partial charge in [-0.05, 0) is 55.7 Å². The number of nitrogens with one attached hydrogen (secondary N) is 1. The fraction of sp³-hybridized carbons (Fsp3) is 0.571. The average molecular weight is 411 g/mol. The summed E-state index contributed by atoms with van der Waals surface area (Å²) in [6.07, 6.45) is 4.46. The summed E-state index contributed by atoms with van der Waals surface area (Å²) in [5.41, 5.74) is 2.28. The Labute approximate surface area is 168 Å². The Hall–Kier alpha value is -1.66. The van der Waals surface area contributed by atoms with Gasteiger partial charge in [0.1, 0.15) is 0 Å². The van der Waals surface area contributed by atoms with Crippen LogP contribution in [0.15, 0.2) is 24.4 Å². The Kier molecular flexibility index (Phi) is 5.61. The lowest BCUT2D eigenvalue weighted by atomic mass is 9.87. The second kappa shape index (κ2) is 7.99. The number of aromatic nitrogens is 1. The molecule has 1 saturated carbocycles. The minimum Gasteiger partial charge on any atom is -0.381 e. The van der Waals surface area contributed by atoms with Crippen molar-refractivity contribution in [2.75, 3.05) is 19.8 Å². The van der Waals surface area contributed by atoms with Crippen LogP contribution in [0.25, 0.3) is 5.52 Å². The molecule has 1 N–H and O–H groups in total. The molecule has 28 heavy (non-hydrogen) atoms. The summed E-state index contributed by atoms with van der Waals surface area (Å²) in [6.45, 7) is 1.94. The number of hydrogen-bond acceptors (Lipinski definition) is 2. The lowest BCUT2D eigenvalue weighted by molar-refractivity contribution is -0.0452. The zero-order valence-electron chi connectivity index (χ0n) is 15.7. The van der Waals surface area contributed by atoms with E-state index in [0.29, 0.717) is 41.4 Å². The maximum atomic E-state index is 13.3. The first kappa shape index (κ1) is 19.6. The first-order chi connectivity index (χ1) is 13.4. The van der Waals surface area contributed by atoms with Gasteiger partial charge in [0.25, 0.3) is 5.91 Å². The zero-order valence-corrected chi connectivity index (χ0v) is 16.5. The monoisotopic (exact) mass is 410 g/mol. The van der Waals surface area contributed by atoms with Gasteiger partial charge in [-0.25, -0.2) is 8.78 Å². The van der Waals surface area contributed by atoms with E-state index in [4.69, 9.17) is 16.3 Å². The molecule has 1 aliphatic heterocycles. The molecule has 1 amide bonds. The Morgan fingerprint density at radius 1 is 1.29 bits per heavy atom. The average Bonchev–Trinajstić information content (AvgIpc) is 3.30. The molecule has 4 rings (SSSR count). The van der Waals surface area contributed by atoms with E-state index in [1.807, 2.05) is 22.7 Å². The highest BCUT2D eigenvalue weighted by Crippen LogP contribution is 2.36. The predicted molar refractivity (Wildman–Crippen MR) is 104 cm³/mol. The summed E-state index contributed by atoms with van der Waals surface area (Å²) in [4.78, 5) is 12.9. The van der Waals surface area contributed by atoms with E-state index in [1.54, 1.807) is 6.07 Å². The third-order valence-corrected chi connectivity index (χ3v) is 6.28. The van der Waals surface area contributed by atoms with Gasteiger partial charge in [0.05, 0.1) is 16.1 Å². The molecule has 2 fully saturated rings. The lowest BCUT2D eigenvalue weighted by Crippen LogP contribution is -2.33. The third kappa shape index (κ3) is 4.18. The predicted octanol–water partition coefficient (Wildman–Crippen LogP) is 4.73. The van der Waals surface area contributed by atoms with Crippen LogP contribution < -0.4 is 5.32 Å². The molecule has 3 heterocycles. The highest BCUT2D eigenvalue weighted by Gasteiger charge is 2.35. The molecule has 0 radical (unpaired) electrons. The maximum absolute atomic E-state index is 13.3. The van der Waals surface area contributed by atoms with E-state index in [2.05, 4.69) is 5.32 Å². The number of nitrogens with zero attached hydrogens (tertiary/aromatic N) is 1. The van der Waals surface area contributed by atoms with Crippen molar-refractivity contribution >= 4 is 23.0 Å². The summed E-state index contributed by atoms with van der Waals surface area (Å²) in [7, 11) is 0. The van der Waals surface area contributed by atoms with Gasteiger partial charge in [0.2, 0.25) is 5.92 Å². The van der Waals surface area contributed by atoms with E-state index >= 15 is 0 Å². The van der Waals surface area contributed by atoms with Crippen LogP contribution in [0.1, 0.15) is 48.2 Å². The Bertz CT molecular complexity index is 851. The van der Waals surface area contributed by atoms with Gasteiger partial charge in [-0.3, -0.25) is 4.79 Å². The van der Waals surface area contributed by atoms with E-state index in [1.165, 1.54) is 0 Å². The Morgan fingerprint density at radius 2 is 2.07 bits per heavy atom. The molecule has 1 unspecified atom stereocenters. The topological polar surface area (TPSA) is 42.7 Å². The van der Waals surface area contributed by atoms with Crippen LogP contribution >= 0.6 is 11.6 Å². The van der Waals surface area contributed by atoms with Crippen LogP contribution in [0, 0.1) is 11.8 Å². The van der Waals surface area contributed by atoms with Crippen LogP contribution in [-0.2, 0) is 11.2 Å². The van der Waals surface area contributed by atoms with Crippen molar-refractivity contribution in [1.29, 1.82) is 0 Å². The summed E-state index contributed by atoms with van der Waals surface area (Å²) in [5.74, 6) is -2.21. The standard InChI is InChI=1S/C21H25ClF2N2O2/c22-18-2-1-8-26-16(10-15-5-9-28-13-15)11-17(19(18)26)20(27)25-12-14-3-6-21(23,24)7-4-14/h1-2,8,11,14-15H,3-7,9-10,12-13H2,(H,25,27). The molecule has 2 aromatic rings. The second-order valence-corrected chi connectivity index (χ2v) is 8.47. The quantitative estimate of drug-likeness (QED) is 0.774. The first-order valence-corrected chi connectivity index (χ1v) is 10.3. The molecule has 2 aromatic heterocycles. The number of halogens is 3. The smallest absolute Gasteiger partial charge is 0.253 e. The number of carbonyl (C=O) groups excluding carboxylic acids is 1. The number of fused-ring (bicyclic) bond motifs is 1. The van der Waals surface area contributed by atoms with Crippen molar-refractivity contribution in [1.82, 2.24) is 9.72 Å². The number of ether oxygens (including phenoxy) is 1. The molecule has 152 valence electrons. The molecule has 1 aliphatic carbocycles. The summed E-state index contributed by atoms with van der Waals surface area (Å²) in [5, 5.41) is 3.47. The van der Waals surface area contributed by atoms with Gasteiger partial charge >= 0.3 is 0 Å². The molecule has 1 atom stereocenters. The SMILES string of the molecule is O=C(NCC1CCC(F)(F)CC1)c1cc(CC2CCOC2)n2cccc(Cl)c12. The number of pyridine rings is 1. The van der Waals surface area contributed by atoms with Crippen molar-refractivity contribution in [2.45, 2.75) is 44.4 Å². The van der Waals surface area contributed by atoms with Gasteiger partial charge in [-0.1, -0.05) is 11.6 Å². The Balaban J connectivity index is 1.50. The van der Waals surface area contributed by atoms with Crippen LogP contribution in [0.4, 0.5) is 8.78 Å². The van der Waals surface area contributed by atoms with Crippen molar-refractivity contribution in [3.63, 3.8) is 0 Å². The summed E-state index contributed by atoms with van der Waals surface area (Å²) < 4.78 is 34.1. The van der Waals surface area contributed by atoms with Crippen molar-refractivity contribution < 1.29 is 18.3 Å². The second-order valence-electron chi connectivity index (χ2n) is 8.07. The van der Waals surface area contributed by atoms with Crippen molar-refractivity contribution in [2.24, 2.45) is 11.8 Å². The largest absolute Gasteiger partial charge is 0.381 e. The fourth-order valence-electron chi connectivity index (χ4n) is 4.29. The van der Waals surface area contributed by atoms with Gasteiger partial charge < -0.3 is 14.5 Å². The molecule has 0 aromatic carbocycles. The highest BCUT2D eigenvalue weighted by atomic mass is 35.5. The van der Waals surface area contributed by atoms with Crippen molar-refractivity contribution in [3.8, 4) is 0 Å². The number of rotatable bonds is 5. The molecular formula is C21H25ClF2N2O2. The summed E-state index contributed by atoms with van der Waals surface area (Å²) in [6, 6.07) is 5.55. The molecule has 1 saturated heterocycles. The minimum atomic E-state index is -2.55. The highest BCUT2D eigenvalue weighted by molar-refractivity contribution is 6.34. The van der Waals surface area contributed by atoms with E-state index in [0.717, 1.165) is 31.7 Å². The number of hydrogen-bond donors (Lipinski definition) is 1. The molecule has 7 heteroatoms. The molecule has 0 bridgehead atoms. The number of carbonyl (C=O) groups is 1. The number of amides is 1. The van der Waals surface area contributed by atoms with E-state index in [-0.39, 0.29) is 24.7 Å². The van der Waals surface area contributed by atoms with Crippen LogP contribution in [0.2, 0.25) is 5.02 Å². The normalized spacial score (nSPS) is 22.6. The fourth-order valence-corrected chi connectivity index (χ4v) is 4.56.